The van der Waals surface area contributed by atoms with Gasteiger partial charge in [-0.15, -0.1) is 0 Å². The SMILES string of the molecule is CCN(C)c1cc(Cl)ccc1CBr. The van der Waals surface area contributed by atoms with E-state index in [2.05, 4.69) is 40.9 Å². The topological polar surface area (TPSA) is 3.24 Å². The van der Waals surface area contributed by atoms with Crippen LogP contribution >= 0.6 is 27.5 Å². The highest BCUT2D eigenvalue weighted by Crippen LogP contribution is 2.25. The Morgan fingerprint density at radius 2 is 2.15 bits per heavy atom. The molecule has 0 aliphatic heterocycles. The molecule has 0 aromatic heterocycles. The molecule has 1 aromatic carbocycles. The lowest BCUT2D eigenvalue weighted by atomic mass is 10.2. The molecular formula is C10H13BrClN. The van der Waals surface area contributed by atoms with Crippen LogP contribution in [0.2, 0.25) is 5.02 Å². The summed E-state index contributed by atoms with van der Waals surface area (Å²) < 4.78 is 0. The Hall–Kier alpha value is -0.210. The molecule has 0 bridgehead atoms. The molecule has 0 heterocycles. The second kappa shape index (κ2) is 4.87. The molecule has 3 heteroatoms. The summed E-state index contributed by atoms with van der Waals surface area (Å²) in [6, 6.07) is 5.98. The van der Waals surface area contributed by atoms with E-state index in [1.165, 1.54) is 11.3 Å². The zero-order valence-corrected chi connectivity index (χ0v) is 10.2. The van der Waals surface area contributed by atoms with Crippen molar-refractivity contribution in [3.63, 3.8) is 0 Å². The Balaban J connectivity index is 3.07. The van der Waals surface area contributed by atoms with Crippen LogP contribution in [0.1, 0.15) is 12.5 Å². The predicted molar refractivity (Wildman–Crippen MR) is 63.0 cm³/mol. The summed E-state index contributed by atoms with van der Waals surface area (Å²) in [5.74, 6) is 0. The minimum atomic E-state index is 0.792. The van der Waals surface area contributed by atoms with E-state index in [0.29, 0.717) is 0 Å². The molecule has 0 saturated heterocycles. The van der Waals surface area contributed by atoms with Gasteiger partial charge in [-0.05, 0) is 24.6 Å². The zero-order valence-electron chi connectivity index (χ0n) is 7.85. The van der Waals surface area contributed by atoms with E-state index >= 15 is 0 Å². The van der Waals surface area contributed by atoms with Crippen molar-refractivity contribution in [1.29, 1.82) is 0 Å². The molecule has 1 nitrogen and oxygen atoms in total. The molecule has 13 heavy (non-hydrogen) atoms. The third kappa shape index (κ3) is 2.61. The molecule has 0 amide bonds. The van der Waals surface area contributed by atoms with Gasteiger partial charge < -0.3 is 4.90 Å². The molecule has 0 aliphatic carbocycles. The number of hydrogen-bond donors (Lipinski definition) is 0. The second-order valence-corrected chi connectivity index (χ2v) is 3.92. The molecule has 0 aliphatic rings. The lowest BCUT2D eigenvalue weighted by molar-refractivity contribution is 0.960. The normalized spacial score (nSPS) is 10.2. The lowest BCUT2D eigenvalue weighted by Crippen LogP contribution is -2.17. The van der Waals surface area contributed by atoms with Crippen molar-refractivity contribution in [2.75, 3.05) is 18.5 Å². The van der Waals surface area contributed by atoms with E-state index < -0.39 is 0 Å². The number of benzene rings is 1. The van der Waals surface area contributed by atoms with Crippen molar-refractivity contribution < 1.29 is 0 Å². The number of anilines is 1. The van der Waals surface area contributed by atoms with E-state index in [1.807, 2.05) is 12.1 Å². The molecule has 72 valence electrons. The van der Waals surface area contributed by atoms with Gasteiger partial charge in [0, 0.05) is 29.6 Å². The minimum Gasteiger partial charge on any atom is -0.375 e. The van der Waals surface area contributed by atoms with Crippen molar-refractivity contribution >= 4 is 33.2 Å². The Bertz CT molecular complexity index is 288. The van der Waals surface area contributed by atoms with E-state index in [4.69, 9.17) is 11.6 Å². The summed E-state index contributed by atoms with van der Waals surface area (Å²) in [5.41, 5.74) is 2.47. The average Bonchev–Trinajstić information content (AvgIpc) is 2.16. The fraction of sp³-hybridized carbons (Fsp3) is 0.400. The summed E-state index contributed by atoms with van der Waals surface area (Å²) in [6.07, 6.45) is 0. The van der Waals surface area contributed by atoms with Gasteiger partial charge in [-0.2, -0.15) is 0 Å². The van der Waals surface area contributed by atoms with Crippen LogP contribution in [0, 0.1) is 0 Å². The van der Waals surface area contributed by atoms with Gasteiger partial charge in [0.25, 0.3) is 0 Å². The maximum atomic E-state index is 5.93. The average molecular weight is 263 g/mol. The van der Waals surface area contributed by atoms with Gasteiger partial charge in [0.2, 0.25) is 0 Å². The van der Waals surface area contributed by atoms with Crippen LogP contribution in [-0.4, -0.2) is 13.6 Å². The van der Waals surface area contributed by atoms with Gasteiger partial charge in [-0.25, -0.2) is 0 Å². The number of rotatable bonds is 3. The van der Waals surface area contributed by atoms with Gasteiger partial charge in [0.15, 0.2) is 0 Å². The van der Waals surface area contributed by atoms with Gasteiger partial charge in [-0.1, -0.05) is 33.6 Å². The van der Waals surface area contributed by atoms with E-state index in [0.717, 1.165) is 16.9 Å². The fourth-order valence-electron chi connectivity index (χ4n) is 1.18. The first-order chi connectivity index (χ1) is 6.19. The predicted octanol–water partition coefficient (Wildman–Crippen LogP) is 3.69. The van der Waals surface area contributed by atoms with Crippen molar-refractivity contribution in [3.05, 3.63) is 28.8 Å². The molecule has 0 atom stereocenters. The first-order valence-electron chi connectivity index (χ1n) is 4.24. The fourth-order valence-corrected chi connectivity index (χ4v) is 1.82. The van der Waals surface area contributed by atoms with E-state index in [9.17, 15) is 0 Å². The smallest absolute Gasteiger partial charge is 0.0426 e. The molecule has 1 rings (SSSR count). The summed E-state index contributed by atoms with van der Waals surface area (Å²) in [4.78, 5) is 2.18. The highest BCUT2D eigenvalue weighted by atomic mass is 79.9. The van der Waals surface area contributed by atoms with Crippen LogP contribution in [0.5, 0.6) is 0 Å². The number of nitrogens with zero attached hydrogens (tertiary/aromatic N) is 1. The van der Waals surface area contributed by atoms with E-state index in [1.54, 1.807) is 0 Å². The van der Waals surface area contributed by atoms with Gasteiger partial charge in [-0.3, -0.25) is 0 Å². The highest BCUT2D eigenvalue weighted by molar-refractivity contribution is 9.08. The van der Waals surface area contributed by atoms with Crippen molar-refractivity contribution in [2.45, 2.75) is 12.3 Å². The highest BCUT2D eigenvalue weighted by Gasteiger charge is 2.05. The third-order valence-electron chi connectivity index (χ3n) is 2.08. The molecule has 0 fully saturated rings. The number of halogens is 2. The zero-order chi connectivity index (χ0) is 9.84. The molecule has 0 unspecified atom stereocenters. The van der Waals surface area contributed by atoms with Crippen LogP contribution < -0.4 is 4.90 Å². The molecule has 0 radical (unpaired) electrons. The monoisotopic (exact) mass is 261 g/mol. The van der Waals surface area contributed by atoms with Crippen LogP contribution in [0.25, 0.3) is 0 Å². The summed E-state index contributed by atoms with van der Waals surface area (Å²) >= 11 is 9.39. The lowest BCUT2D eigenvalue weighted by Gasteiger charge is -2.20. The van der Waals surface area contributed by atoms with Gasteiger partial charge in [0.05, 0.1) is 0 Å². The van der Waals surface area contributed by atoms with Crippen molar-refractivity contribution in [3.8, 4) is 0 Å². The first-order valence-corrected chi connectivity index (χ1v) is 5.74. The minimum absolute atomic E-state index is 0.792. The number of alkyl halides is 1. The quantitative estimate of drug-likeness (QED) is 0.751. The standard InChI is InChI=1S/C10H13BrClN/c1-3-13(2)10-6-9(12)5-4-8(10)7-11/h4-6H,3,7H2,1-2H3. The van der Waals surface area contributed by atoms with Gasteiger partial charge in [0.1, 0.15) is 0 Å². The largest absolute Gasteiger partial charge is 0.375 e. The van der Waals surface area contributed by atoms with Crippen LogP contribution in [0.3, 0.4) is 0 Å². The number of hydrogen-bond acceptors (Lipinski definition) is 1. The van der Waals surface area contributed by atoms with Gasteiger partial charge >= 0.3 is 0 Å². The molecule has 0 N–H and O–H groups in total. The summed E-state index contributed by atoms with van der Waals surface area (Å²) in [6.45, 7) is 3.11. The van der Waals surface area contributed by atoms with Crippen molar-refractivity contribution in [1.82, 2.24) is 0 Å². The molecule has 0 spiro atoms. The summed E-state index contributed by atoms with van der Waals surface area (Å²) in [7, 11) is 2.07. The van der Waals surface area contributed by atoms with E-state index in [-0.39, 0.29) is 0 Å². The molecular weight excluding hydrogens is 249 g/mol. The molecule has 1 aromatic rings. The summed E-state index contributed by atoms with van der Waals surface area (Å²) in [5, 5.41) is 1.66. The van der Waals surface area contributed by atoms with Crippen LogP contribution in [-0.2, 0) is 5.33 Å². The third-order valence-corrected chi connectivity index (χ3v) is 2.92. The Kier molecular flexibility index (Phi) is 4.07. The van der Waals surface area contributed by atoms with Crippen LogP contribution in [0.15, 0.2) is 18.2 Å². The Morgan fingerprint density at radius 3 is 2.69 bits per heavy atom. The second-order valence-electron chi connectivity index (χ2n) is 2.92. The maximum absolute atomic E-state index is 5.93. The Morgan fingerprint density at radius 1 is 1.46 bits per heavy atom. The van der Waals surface area contributed by atoms with Crippen molar-refractivity contribution in [2.24, 2.45) is 0 Å². The first kappa shape index (κ1) is 10.9. The maximum Gasteiger partial charge on any atom is 0.0426 e. The Labute approximate surface area is 92.8 Å². The van der Waals surface area contributed by atoms with Crippen LogP contribution in [0.4, 0.5) is 5.69 Å². The molecule has 0 saturated carbocycles.